The number of fused-ring (bicyclic) bond motifs is 4. The number of rotatable bonds is 3. The van der Waals surface area contributed by atoms with Crippen LogP contribution in [-0.4, -0.2) is 37.8 Å². The third kappa shape index (κ3) is 2.89. The molecule has 0 saturated heterocycles. The number of urea groups is 1. The number of hydrogen-bond acceptors (Lipinski definition) is 3. The minimum Gasteiger partial charge on any atom is -0.356 e. The van der Waals surface area contributed by atoms with Gasteiger partial charge in [0.2, 0.25) is 0 Å². The van der Waals surface area contributed by atoms with E-state index in [4.69, 9.17) is 0 Å². The van der Waals surface area contributed by atoms with E-state index < -0.39 is 0 Å². The number of hydrogen-bond donors (Lipinski definition) is 2. The summed E-state index contributed by atoms with van der Waals surface area (Å²) >= 11 is 1.77. The molecule has 2 aliphatic rings. The summed E-state index contributed by atoms with van der Waals surface area (Å²) in [6.07, 6.45) is 2.94. The maximum absolute atomic E-state index is 13.0. The number of aromatic nitrogens is 3. The Balaban J connectivity index is 1.37. The van der Waals surface area contributed by atoms with E-state index in [0.29, 0.717) is 12.5 Å². The monoisotopic (exact) mass is 395 g/mol. The van der Waals surface area contributed by atoms with Gasteiger partial charge < -0.3 is 19.8 Å². The number of benzene rings is 1. The zero-order valence-electron chi connectivity index (χ0n) is 16.2. The quantitative estimate of drug-likeness (QED) is 0.706. The van der Waals surface area contributed by atoms with Crippen molar-refractivity contribution in [3.8, 4) is 0 Å². The van der Waals surface area contributed by atoms with E-state index in [1.54, 1.807) is 11.8 Å². The molecule has 0 saturated carbocycles. The van der Waals surface area contributed by atoms with Gasteiger partial charge in [-0.05, 0) is 24.0 Å². The molecule has 5 rings (SSSR count). The van der Waals surface area contributed by atoms with Crippen molar-refractivity contribution in [2.45, 2.75) is 44.6 Å². The molecule has 0 fully saturated rings. The van der Waals surface area contributed by atoms with Gasteiger partial charge in [0.1, 0.15) is 0 Å². The Morgan fingerprint density at radius 2 is 2.21 bits per heavy atom. The fourth-order valence-electron chi connectivity index (χ4n) is 4.51. The fourth-order valence-corrected chi connectivity index (χ4v) is 5.47. The van der Waals surface area contributed by atoms with Crippen LogP contribution in [0, 0.1) is 5.92 Å². The van der Waals surface area contributed by atoms with Crippen molar-refractivity contribution in [1.29, 1.82) is 0 Å². The number of thioether (sulfide) groups is 1. The van der Waals surface area contributed by atoms with E-state index in [9.17, 15) is 4.79 Å². The van der Waals surface area contributed by atoms with Gasteiger partial charge in [0.25, 0.3) is 0 Å². The molecule has 2 amide bonds. The average molecular weight is 396 g/mol. The number of H-pyrrole nitrogens is 1. The molecule has 1 atom stereocenters. The van der Waals surface area contributed by atoms with Crippen molar-refractivity contribution in [2.24, 2.45) is 5.92 Å². The van der Waals surface area contributed by atoms with Crippen LogP contribution in [0.25, 0.3) is 10.9 Å². The third-order valence-electron chi connectivity index (χ3n) is 5.75. The second kappa shape index (κ2) is 6.88. The Bertz CT molecular complexity index is 1020. The molecular formula is C21H25N5OS. The van der Waals surface area contributed by atoms with Crippen molar-refractivity contribution in [1.82, 2.24) is 24.8 Å². The first-order valence-corrected chi connectivity index (χ1v) is 10.9. The second-order valence-electron chi connectivity index (χ2n) is 7.91. The summed E-state index contributed by atoms with van der Waals surface area (Å²) < 4.78 is 2.17. The minimum absolute atomic E-state index is 0.0104. The zero-order chi connectivity index (χ0) is 19.3. The van der Waals surface area contributed by atoms with E-state index in [-0.39, 0.29) is 12.1 Å². The van der Waals surface area contributed by atoms with E-state index in [0.717, 1.165) is 41.6 Å². The van der Waals surface area contributed by atoms with Crippen LogP contribution in [0.5, 0.6) is 0 Å². The van der Waals surface area contributed by atoms with E-state index in [2.05, 4.69) is 64.2 Å². The highest BCUT2D eigenvalue weighted by atomic mass is 32.2. The first-order valence-electron chi connectivity index (χ1n) is 9.94. The summed E-state index contributed by atoms with van der Waals surface area (Å²) in [5.41, 5.74) is 4.64. The number of carbonyl (C=O) groups is 1. The van der Waals surface area contributed by atoms with Gasteiger partial charge in [-0.1, -0.05) is 43.8 Å². The Morgan fingerprint density at radius 1 is 1.36 bits per heavy atom. The van der Waals surface area contributed by atoms with Crippen molar-refractivity contribution in [3.63, 3.8) is 0 Å². The molecule has 6 nitrogen and oxygen atoms in total. The van der Waals surface area contributed by atoms with Gasteiger partial charge in [-0.15, -0.1) is 0 Å². The van der Waals surface area contributed by atoms with Crippen LogP contribution >= 0.6 is 11.8 Å². The Hall–Kier alpha value is -2.41. The highest BCUT2D eigenvalue weighted by molar-refractivity contribution is 7.99. The predicted octanol–water partition coefficient (Wildman–Crippen LogP) is 3.94. The summed E-state index contributed by atoms with van der Waals surface area (Å²) in [4.78, 5) is 23.2. The van der Waals surface area contributed by atoms with Gasteiger partial charge >= 0.3 is 6.03 Å². The maximum atomic E-state index is 13.0. The number of nitrogens with zero attached hydrogens (tertiary/aromatic N) is 3. The molecule has 28 heavy (non-hydrogen) atoms. The third-order valence-corrected chi connectivity index (χ3v) is 6.72. The minimum atomic E-state index is -0.0104. The van der Waals surface area contributed by atoms with Gasteiger partial charge in [0.05, 0.1) is 18.3 Å². The molecular weight excluding hydrogens is 370 g/mol. The predicted molar refractivity (Wildman–Crippen MR) is 111 cm³/mol. The summed E-state index contributed by atoms with van der Waals surface area (Å²) in [5, 5.41) is 5.44. The second-order valence-corrected chi connectivity index (χ2v) is 8.97. The molecule has 0 unspecified atom stereocenters. The average Bonchev–Trinajstić information content (AvgIpc) is 3.37. The molecule has 3 aromatic rings. The first-order chi connectivity index (χ1) is 13.6. The lowest BCUT2D eigenvalue weighted by Crippen LogP contribution is -2.47. The van der Waals surface area contributed by atoms with Crippen molar-refractivity contribution in [3.05, 3.63) is 47.4 Å². The summed E-state index contributed by atoms with van der Waals surface area (Å²) in [5.74, 6) is 1.41. The molecule has 0 bridgehead atoms. The normalized spacial score (nSPS) is 18.5. The van der Waals surface area contributed by atoms with E-state index in [1.807, 2.05) is 4.90 Å². The van der Waals surface area contributed by atoms with Gasteiger partial charge in [0.15, 0.2) is 5.16 Å². The van der Waals surface area contributed by atoms with Crippen LogP contribution in [0.2, 0.25) is 0 Å². The topological polar surface area (TPSA) is 66.0 Å². The number of amides is 2. The largest absolute Gasteiger partial charge is 0.356 e. The van der Waals surface area contributed by atoms with Crippen molar-refractivity contribution < 1.29 is 4.79 Å². The summed E-state index contributed by atoms with van der Waals surface area (Å²) in [6, 6.07) is 8.47. The van der Waals surface area contributed by atoms with Crippen LogP contribution in [-0.2, 0) is 19.5 Å². The number of imidazole rings is 1. The molecule has 2 aromatic heterocycles. The zero-order valence-corrected chi connectivity index (χ0v) is 17.1. The molecule has 7 heteroatoms. The first kappa shape index (κ1) is 17.7. The molecule has 1 aromatic carbocycles. The Morgan fingerprint density at radius 3 is 3.04 bits per heavy atom. The lowest BCUT2D eigenvalue weighted by atomic mass is 9.90. The van der Waals surface area contributed by atoms with E-state index >= 15 is 0 Å². The lowest BCUT2D eigenvalue weighted by Gasteiger charge is -2.38. The van der Waals surface area contributed by atoms with Crippen LogP contribution in [0.4, 0.5) is 4.79 Å². The van der Waals surface area contributed by atoms with Gasteiger partial charge in [-0.3, -0.25) is 0 Å². The summed E-state index contributed by atoms with van der Waals surface area (Å²) in [7, 11) is 0. The molecule has 0 radical (unpaired) electrons. The smallest absolute Gasteiger partial charge is 0.318 e. The molecule has 0 spiro atoms. The number of nitrogens with one attached hydrogen (secondary N) is 2. The number of carbonyl (C=O) groups excluding carboxylic acids is 1. The summed E-state index contributed by atoms with van der Waals surface area (Å²) in [6.45, 7) is 6.58. The van der Waals surface area contributed by atoms with Gasteiger partial charge in [-0.25, -0.2) is 9.78 Å². The highest BCUT2D eigenvalue weighted by Crippen LogP contribution is 2.38. The maximum Gasteiger partial charge on any atom is 0.318 e. The standard InChI is InChI=1S/C21H25N5OS/c1-13(2)19-18-16(15-5-3-4-6-17(15)24-18)7-8-26(19)20(27)22-11-14-12-25-9-10-28-21(25)23-14/h3-6,12-13,19,24H,7-11H2,1-2H3,(H,22,27)/t19-/m1/s1. The lowest BCUT2D eigenvalue weighted by molar-refractivity contribution is 0.146. The van der Waals surface area contributed by atoms with Crippen LogP contribution < -0.4 is 5.32 Å². The van der Waals surface area contributed by atoms with Crippen molar-refractivity contribution >= 4 is 28.7 Å². The number of aromatic amines is 1. The number of para-hydroxylation sites is 1. The van der Waals surface area contributed by atoms with Crippen LogP contribution in [0.3, 0.4) is 0 Å². The molecule has 2 N–H and O–H groups in total. The van der Waals surface area contributed by atoms with Gasteiger partial charge in [-0.2, -0.15) is 0 Å². The highest BCUT2D eigenvalue weighted by Gasteiger charge is 2.35. The fraction of sp³-hybridized carbons (Fsp3) is 0.429. The molecule has 2 aliphatic heterocycles. The molecule has 146 valence electrons. The van der Waals surface area contributed by atoms with Gasteiger partial charge in [0, 0.05) is 41.6 Å². The van der Waals surface area contributed by atoms with Crippen LogP contribution in [0.1, 0.15) is 36.8 Å². The molecule has 4 heterocycles. The van der Waals surface area contributed by atoms with Crippen molar-refractivity contribution in [2.75, 3.05) is 12.3 Å². The van der Waals surface area contributed by atoms with Crippen LogP contribution in [0.15, 0.2) is 35.6 Å². The number of aryl methyl sites for hydroxylation is 1. The Labute approximate surface area is 168 Å². The SMILES string of the molecule is CC(C)[C@@H]1c2[nH]c3ccccc3c2CCN1C(=O)NCc1cn2c(n1)SCC2. The van der Waals surface area contributed by atoms with E-state index in [1.165, 1.54) is 16.6 Å². The Kier molecular flexibility index (Phi) is 4.34. The molecule has 0 aliphatic carbocycles.